The fourth-order valence-electron chi connectivity index (χ4n) is 1.41. The molecule has 0 aliphatic rings. The molecule has 0 saturated heterocycles. The van der Waals surface area contributed by atoms with Gasteiger partial charge in [-0.05, 0) is 32.0 Å². The summed E-state index contributed by atoms with van der Waals surface area (Å²) in [5, 5.41) is 17.6. The number of ether oxygens (including phenoxy) is 2. The van der Waals surface area contributed by atoms with Crippen molar-refractivity contribution in [2.75, 3.05) is 13.2 Å². The molecule has 0 unspecified atom stereocenters. The number of esters is 1. The van der Waals surface area contributed by atoms with Crippen molar-refractivity contribution >= 4 is 5.97 Å². The van der Waals surface area contributed by atoms with E-state index in [1.807, 2.05) is 19.9 Å². The van der Waals surface area contributed by atoms with Crippen molar-refractivity contribution in [2.45, 2.75) is 26.4 Å². The number of carbonyl (C=O) groups excluding carboxylic acids is 1. The predicted octanol–water partition coefficient (Wildman–Crippen LogP) is 1.88. The van der Waals surface area contributed by atoms with Gasteiger partial charge in [0, 0.05) is 13.0 Å². The van der Waals surface area contributed by atoms with Crippen LogP contribution >= 0.6 is 0 Å². The Hall–Kier alpha value is -2.06. The van der Waals surface area contributed by atoms with Crippen LogP contribution in [0.25, 0.3) is 0 Å². The molecule has 1 aromatic rings. The summed E-state index contributed by atoms with van der Waals surface area (Å²) >= 11 is 0. The highest BCUT2D eigenvalue weighted by Gasteiger charge is 2.12. The summed E-state index contributed by atoms with van der Waals surface area (Å²) in [5.74, 6) is -0.0644. The minimum atomic E-state index is -0.513. The van der Waals surface area contributed by atoms with Crippen molar-refractivity contribution in [2.24, 2.45) is 0 Å². The highest BCUT2D eigenvalue weighted by molar-refractivity contribution is 5.90. The molecule has 1 N–H and O–H groups in total. The summed E-state index contributed by atoms with van der Waals surface area (Å²) in [5.41, 5.74) is 0.593. The topological polar surface area (TPSA) is 79.6 Å². The quantitative estimate of drug-likeness (QED) is 0.626. The molecule has 102 valence electrons. The summed E-state index contributed by atoms with van der Waals surface area (Å²) in [6.45, 7) is 3.84. The highest BCUT2D eigenvalue weighted by atomic mass is 16.5. The van der Waals surface area contributed by atoms with Gasteiger partial charge in [0.25, 0.3) is 0 Å². The minimum Gasteiger partial charge on any atom is -0.490 e. The first-order valence-electron chi connectivity index (χ1n) is 6.07. The number of nitrogens with zero attached hydrogens (tertiary/aromatic N) is 1. The van der Waals surface area contributed by atoms with Crippen molar-refractivity contribution < 1.29 is 19.4 Å². The molecular weight excluding hydrogens is 246 g/mol. The van der Waals surface area contributed by atoms with Gasteiger partial charge >= 0.3 is 5.97 Å². The first kappa shape index (κ1) is 15.0. The van der Waals surface area contributed by atoms with Gasteiger partial charge in [-0.15, -0.1) is 0 Å². The van der Waals surface area contributed by atoms with Gasteiger partial charge < -0.3 is 14.6 Å². The predicted molar refractivity (Wildman–Crippen MR) is 68.9 cm³/mol. The SMILES string of the molecule is CC(C)Oc1ccc(C(=O)OCCCO)cc1C#N. The minimum absolute atomic E-state index is 0.0299. The molecule has 0 bridgehead atoms. The number of benzene rings is 1. The normalized spacial score (nSPS) is 10.1. The summed E-state index contributed by atoms with van der Waals surface area (Å²) in [7, 11) is 0. The number of aliphatic hydroxyl groups is 1. The van der Waals surface area contributed by atoms with Gasteiger partial charge in [0.1, 0.15) is 11.8 Å². The van der Waals surface area contributed by atoms with Gasteiger partial charge in [0.2, 0.25) is 0 Å². The van der Waals surface area contributed by atoms with Crippen molar-refractivity contribution in [1.29, 1.82) is 5.26 Å². The van der Waals surface area contributed by atoms with Crippen molar-refractivity contribution in [3.8, 4) is 11.8 Å². The van der Waals surface area contributed by atoms with Gasteiger partial charge in [0.15, 0.2) is 0 Å². The van der Waals surface area contributed by atoms with Crippen molar-refractivity contribution in [3.63, 3.8) is 0 Å². The van der Waals surface area contributed by atoms with Gasteiger partial charge in [-0.1, -0.05) is 0 Å². The highest BCUT2D eigenvalue weighted by Crippen LogP contribution is 2.21. The molecule has 0 aliphatic heterocycles. The third-order valence-corrected chi connectivity index (χ3v) is 2.23. The van der Waals surface area contributed by atoms with E-state index in [1.165, 1.54) is 6.07 Å². The maximum Gasteiger partial charge on any atom is 0.338 e. The molecule has 0 atom stereocenters. The molecule has 0 saturated carbocycles. The van der Waals surface area contributed by atoms with E-state index >= 15 is 0 Å². The molecular formula is C14H17NO4. The monoisotopic (exact) mass is 263 g/mol. The van der Waals surface area contributed by atoms with Crippen LogP contribution in [0, 0.1) is 11.3 Å². The fraction of sp³-hybridized carbons (Fsp3) is 0.429. The molecule has 1 aromatic carbocycles. The molecule has 0 fully saturated rings. The molecule has 0 radical (unpaired) electrons. The molecule has 0 aromatic heterocycles. The van der Waals surface area contributed by atoms with Crippen LogP contribution in [-0.4, -0.2) is 30.4 Å². The van der Waals surface area contributed by atoms with Gasteiger partial charge in [-0.3, -0.25) is 0 Å². The lowest BCUT2D eigenvalue weighted by Crippen LogP contribution is -2.10. The smallest absolute Gasteiger partial charge is 0.338 e. The van der Waals surface area contributed by atoms with Crippen LogP contribution in [0.1, 0.15) is 36.2 Å². The zero-order valence-electron chi connectivity index (χ0n) is 11.0. The number of hydrogen-bond donors (Lipinski definition) is 1. The van der Waals surface area contributed by atoms with E-state index in [4.69, 9.17) is 19.8 Å². The van der Waals surface area contributed by atoms with E-state index in [0.717, 1.165) is 0 Å². The van der Waals surface area contributed by atoms with E-state index in [2.05, 4.69) is 0 Å². The Kier molecular flexibility index (Phi) is 5.83. The molecule has 0 amide bonds. The standard InChI is InChI=1S/C14H17NO4/c1-10(2)19-13-5-4-11(8-12(13)9-15)14(17)18-7-3-6-16/h4-5,8,10,16H,3,6-7H2,1-2H3. The Morgan fingerprint density at radius 1 is 1.47 bits per heavy atom. The number of aliphatic hydroxyl groups excluding tert-OH is 1. The van der Waals surface area contributed by atoms with Gasteiger partial charge in [-0.2, -0.15) is 5.26 Å². The van der Waals surface area contributed by atoms with E-state index in [9.17, 15) is 4.79 Å². The van der Waals surface area contributed by atoms with Crippen LogP contribution in [0.4, 0.5) is 0 Å². The molecule has 0 spiro atoms. The van der Waals surface area contributed by atoms with E-state index in [1.54, 1.807) is 12.1 Å². The lowest BCUT2D eigenvalue weighted by atomic mass is 10.1. The third-order valence-electron chi connectivity index (χ3n) is 2.23. The lowest BCUT2D eigenvalue weighted by Gasteiger charge is -2.12. The molecule has 0 heterocycles. The number of nitriles is 1. The van der Waals surface area contributed by atoms with E-state index in [-0.39, 0.29) is 19.3 Å². The number of hydrogen-bond acceptors (Lipinski definition) is 5. The van der Waals surface area contributed by atoms with Crippen LogP contribution in [-0.2, 0) is 4.74 Å². The zero-order valence-corrected chi connectivity index (χ0v) is 11.0. The molecule has 5 heteroatoms. The number of rotatable bonds is 6. The molecule has 0 aliphatic carbocycles. The summed E-state index contributed by atoms with van der Waals surface area (Å²) in [4.78, 5) is 11.7. The second-order valence-electron chi connectivity index (χ2n) is 4.20. The molecule has 1 rings (SSSR count). The number of carbonyl (C=O) groups is 1. The van der Waals surface area contributed by atoms with Crippen LogP contribution in [0.2, 0.25) is 0 Å². The summed E-state index contributed by atoms with van der Waals surface area (Å²) in [6.07, 6.45) is 0.347. The second-order valence-corrected chi connectivity index (χ2v) is 4.20. The first-order chi connectivity index (χ1) is 9.08. The second kappa shape index (κ2) is 7.39. The largest absolute Gasteiger partial charge is 0.490 e. The Morgan fingerprint density at radius 2 is 2.21 bits per heavy atom. The zero-order chi connectivity index (χ0) is 14.3. The summed E-state index contributed by atoms with van der Waals surface area (Å²) < 4.78 is 10.4. The Morgan fingerprint density at radius 3 is 2.79 bits per heavy atom. The molecule has 19 heavy (non-hydrogen) atoms. The van der Waals surface area contributed by atoms with Crippen LogP contribution in [0.15, 0.2) is 18.2 Å². The summed E-state index contributed by atoms with van der Waals surface area (Å²) in [6, 6.07) is 6.57. The van der Waals surface area contributed by atoms with Crippen LogP contribution < -0.4 is 4.74 Å². The first-order valence-corrected chi connectivity index (χ1v) is 6.07. The van der Waals surface area contributed by atoms with Gasteiger partial charge in [-0.25, -0.2) is 4.79 Å². The maximum absolute atomic E-state index is 11.7. The Bertz CT molecular complexity index is 477. The van der Waals surface area contributed by atoms with Crippen LogP contribution in [0.5, 0.6) is 5.75 Å². The Balaban J connectivity index is 2.82. The fourth-order valence-corrected chi connectivity index (χ4v) is 1.41. The van der Waals surface area contributed by atoms with E-state index in [0.29, 0.717) is 23.3 Å². The van der Waals surface area contributed by atoms with Crippen LogP contribution in [0.3, 0.4) is 0 Å². The lowest BCUT2D eigenvalue weighted by molar-refractivity contribution is 0.0482. The third kappa shape index (κ3) is 4.60. The van der Waals surface area contributed by atoms with E-state index < -0.39 is 5.97 Å². The maximum atomic E-state index is 11.7. The average molecular weight is 263 g/mol. The average Bonchev–Trinajstić information content (AvgIpc) is 2.38. The Labute approximate surface area is 112 Å². The molecule has 5 nitrogen and oxygen atoms in total. The van der Waals surface area contributed by atoms with Crippen molar-refractivity contribution in [1.82, 2.24) is 0 Å². The van der Waals surface area contributed by atoms with Crippen molar-refractivity contribution in [3.05, 3.63) is 29.3 Å². The van der Waals surface area contributed by atoms with Gasteiger partial charge in [0.05, 0.1) is 23.8 Å².